The summed E-state index contributed by atoms with van der Waals surface area (Å²) < 4.78 is 0. The molecule has 0 heterocycles. The molecule has 0 fully saturated rings. The van der Waals surface area contributed by atoms with Crippen molar-refractivity contribution in [3.05, 3.63) is 97.2 Å². The average Bonchev–Trinajstić information content (AvgIpc) is 3.01. The van der Waals surface area contributed by atoms with E-state index >= 15 is 0 Å². The maximum atomic E-state index is 12.2. The van der Waals surface area contributed by atoms with Gasteiger partial charge in [0.05, 0.1) is 18.8 Å². The number of nitrogens with one attached hydrogen (secondary N) is 1. The Kier molecular flexibility index (Phi) is 31.7. The zero-order valence-electron chi connectivity index (χ0n) is 27.4. The van der Waals surface area contributed by atoms with Crippen LogP contribution in [0.4, 0.5) is 0 Å². The lowest BCUT2D eigenvalue weighted by Crippen LogP contribution is -2.44. The molecule has 0 bridgehead atoms. The Morgan fingerprint density at radius 1 is 0.581 bits per heavy atom. The number of carbonyl (C=O) groups excluding carboxylic acids is 1. The fraction of sp³-hybridized carbons (Fsp3) is 0.564. The van der Waals surface area contributed by atoms with Gasteiger partial charge < -0.3 is 15.5 Å². The summed E-state index contributed by atoms with van der Waals surface area (Å²) in [6.07, 6.45) is 50.8. The average molecular weight is 594 g/mol. The van der Waals surface area contributed by atoms with E-state index in [4.69, 9.17) is 0 Å². The van der Waals surface area contributed by atoms with E-state index in [0.717, 1.165) is 57.8 Å². The number of aliphatic hydroxyl groups excluding tert-OH is 2. The van der Waals surface area contributed by atoms with Gasteiger partial charge in [0.25, 0.3) is 0 Å². The molecule has 1 amide bonds. The van der Waals surface area contributed by atoms with Crippen LogP contribution in [0.2, 0.25) is 0 Å². The molecule has 0 aromatic carbocycles. The number of aliphatic hydroxyl groups is 2. The smallest absolute Gasteiger partial charge is 0.224 e. The van der Waals surface area contributed by atoms with Crippen molar-refractivity contribution >= 4 is 5.91 Å². The molecule has 2 unspecified atom stereocenters. The summed E-state index contributed by atoms with van der Waals surface area (Å²) in [5.74, 6) is -0.211. The molecule has 0 radical (unpaired) electrons. The minimum absolute atomic E-state index is 0.211. The van der Waals surface area contributed by atoms with Crippen molar-refractivity contribution in [2.75, 3.05) is 6.61 Å². The first-order chi connectivity index (χ1) is 21.2. The third-order valence-corrected chi connectivity index (χ3v) is 6.81. The molecule has 0 aliphatic rings. The van der Waals surface area contributed by atoms with Gasteiger partial charge in [0.1, 0.15) is 0 Å². The van der Waals surface area contributed by atoms with Crippen molar-refractivity contribution in [1.29, 1.82) is 0 Å². The molecule has 0 aliphatic heterocycles. The van der Waals surface area contributed by atoms with Crippen LogP contribution in [0.1, 0.15) is 123 Å². The molecule has 4 heteroatoms. The van der Waals surface area contributed by atoms with E-state index in [-0.39, 0.29) is 18.9 Å². The molecule has 43 heavy (non-hydrogen) atoms. The Bertz CT molecular complexity index is 860. The lowest BCUT2D eigenvalue weighted by atomic mass is 10.1. The van der Waals surface area contributed by atoms with Gasteiger partial charge in [-0.25, -0.2) is 0 Å². The van der Waals surface area contributed by atoms with E-state index in [0.29, 0.717) is 0 Å². The van der Waals surface area contributed by atoms with Crippen molar-refractivity contribution in [2.24, 2.45) is 0 Å². The van der Waals surface area contributed by atoms with E-state index < -0.39 is 12.1 Å². The van der Waals surface area contributed by atoms with Crippen LogP contribution in [0.5, 0.6) is 0 Å². The Hall–Kier alpha value is -2.69. The van der Waals surface area contributed by atoms with Gasteiger partial charge in [0.2, 0.25) is 5.91 Å². The normalized spacial score (nSPS) is 14.4. The Morgan fingerprint density at radius 2 is 1.05 bits per heavy atom. The third kappa shape index (κ3) is 30.6. The number of hydrogen-bond acceptors (Lipinski definition) is 3. The van der Waals surface area contributed by atoms with Gasteiger partial charge in [-0.15, -0.1) is 0 Å². The summed E-state index contributed by atoms with van der Waals surface area (Å²) in [7, 11) is 0. The summed E-state index contributed by atoms with van der Waals surface area (Å²) >= 11 is 0. The highest BCUT2D eigenvalue weighted by Crippen LogP contribution is 2.08. The second-order valence-corrected chi connectivity index (χ2v) is 10.8. The van der Waals surface area contributed by atoms with Crippen LogP contribution in [0.25, 0.3) is 0 Å². The Labute approximate surface area is 264 Å². The van der Waals surface area contributed by atoms with Crippen LogP contribution in [0.3, 0.4) is 0 Å². The summed E-state index contributed by atoms with van der Waals surface area (Å²) in [5, 5.41) is 22.7. The monoisotopic (exact) mass is 593 g/mol. The summed E-state index contributed by atoms with van der Waals surface area (Å²) in [5.41, 5.74) is 0. The maximum Gasteiger partial charge on any atom is 0.224 e. The van der Waals surface area contributed by atoms with Gasteiger partial charge in [-0.1, -0.05) is 143 Å². The van der Waals surface area contributed by atoms with E-state index in [9.17, 15) is 15.0 Å². The van der Waals surface area contributed by atoms with Crippen molar-refractivity contribution in [1.82, 2.24) is 5.32 Å². The van der Waals surface area contributed by atoms with Gasteiger partial charge in [0.15, 0.2) is 0 Å². The van der Waals surface area contributed by atoms with Gasteiger partial charge in [0, 0.05) is 6.42 Å². The Balaban J connectivity index is 3.94. The van der Waals surface area contributed by atoms with Gasteiger partial charge >= 0.3 is 0 Å². The fourth-order valence-electron chi connectivity index (χ4n) is 4.21. The summed E-state index contributed by atoms with van der Waals surface area (Å²) in [4.78, 5) is 12.2. The SMILES string of the molecule is CC/C=C\C/C=C\C/C=C\C/C=C\C/C=C\CC(=O)NC(CO)C(O)/C=C/CC/C=C/CC/C=C/CCCCCCCC. The van der Waals surface area contributed by atoms with E-state index in [2.05, 4.69) is 92.1 Å². The number of allylic oxidation sites excluding steroid dienone is 14. The maximum absolute atomic E-state index is 12.2. The van der Waals surface area contributed by atoms with Crippen LogP contribution in [0, 0.1) is 0 Å². The largest absolute Gasteiger partial charge is 0.394 e. The Morgan fingerprint density at radius 3 is 1.58 bits per heavy atom. The van der Waals surface area contributed by atoms with Crippen molar-refractivity contribution < 1.29 is 15.0 Å². The van der Waals surface area contributed by atoms with Crippen molar-refractivity contribution in [2.45, 2.75) is 135 Å². The molecule has 0 aliphatic carbocycles. The zero-order valence-corrected chi connectivity index (χ0v) is 27.4. The van der Waals surface area contributed by atoms with E-state index in [1.807, 2.05) is 18.2 Å². The number of carbonyl (C=O) groups is 1. The first kappa shape index (κ1) is 40.3. The second-order valence-electron chi connectivity index (χ2n) is 10.8. The molecule has 3 N–H and O–H groups in total. The molecule has 0 spiro atoms. The minimum Gasteiger partial charge on any atom is -0.394 e. The van der Waals surface area contributed by atoms with Crippen LogP contribution in [-0.2, 0) is 4.79 Å². The van der Waals surface area contributed by atoms with E-state index in [1.165, 1.54) is 44.9 Å². The summed E-state index contributed by atoms with van der Waals surface area (Å²) in [6, 6.07) is -0.704. The number of hydrogen-bond donors (Lipinski definition) is 3. The van der Waals surface area contributed by atoms with Gasteiger partial charge in [-0.3, -0.25) is 4.79 Å². The predicted octanol–water partition coefficient (Wildman–Crippen LogP) is 9.95. The first-order valence-electron chi connectivity index (χ1n) is 17.0. The predicted molar refractivity (Wildman–Crippen MR) is 188 cm³/mol. The molecule has 4 nitrogen and oxygen atoms in total. The standard InChI is InChI=1S/C39H63NO3/c1-3-5-7-9-11-13-15-17-19-21-22-24-26-28-30-32-34-38(42)37(36-41)40-39(43)35-33-31-29-27-25-23-20-18-16-14-12-10-8-6-4-2/h6,8,12,14,17-20,24-27,31-34,37-38,41-42H,3-5,7,9-11,13,15-16,21-23,28-30,35-36H2,1-2H3,(H,40,43)/b8-6-,14-12-,19-17+,20-18-,26-24+,27-25-,33-31-,34-32+. The molecule has 0 aromatic rings. The number of rotatable bonds is 28. The topological polar surface area (TPSA) is 69.6 Å². The quantitative estimate of drug-likeness (QED) is 0.0624. The molecule has 0 saturated carbocycles. The second kappa shape index (κ2) is 33.8. The first-order valence-corrected chi connectivity index (χ1v) is 17.0. The number of unbranched alkanes of at least 4 members (excludes halogenated alkanes) is 8. The van der Waals surface area contributed by atoms with Crippen LogP contribution in [0.15, 0.2) is 97.2 Å². The molecular formula is C39H63NO3. The lowest BCUT2D eigenvalue weighted by Gasteiger charge is -2.19. The van der Waals surface area contributed by atoms with Crippen LogP contribution < -0.4 is 5.32 Å². The summed E-state index contributed by atoms with van der Waals surface area (Å²) in [6.45, 7) is 4.09. The van der Waals surface area contributed by atoms with E-state index in [1.54, 1.807) is 6.08 Å². The highest BCUT2D eigenvalue weighted by molar-refractivity contribution is 5.77. The van der Waals surface area contributed by atoms with Gasteiger partial charge in [-0.2, -0.15) is 0 Å². The third-order valence-electron chi connectivity index (χ3n) is 6.81. The molecule has 0 rings (SSSR count). The molecule has 0 saturated heterocycles. The minimum atomic E-state index is -0.914. The molecular weight excluding hydrogens is 530 g/mol. The molecule has 242 valence electrons. The highest BCUT2D eigenvalue weighted by Gasteiger charge is 2.17. The van der Waals surface area contributed by atoms with Gasteiger partial charge in [-0.05, 0) is 70.6 Å². The fourth-order valence-corrected chi connectivity index (χ4v) is 4.21. The zero-order chi connectivity index (χ0) is 31.5. The van der Waals surface area contributed by atoms with Crippen LogP contribution in [-0.4, -0.2) is 34.9 Å². The van der Waals surface area contributed by atoms with Crippen molar-refractivity contribution in [3.63, 3.8) is 0 Å². The lowest BCUT2D eigenvalue weighted by molar-refractivity contribution is -0.122. The molecule has 0 aromatic heterocycles. The van der Waals surface area contributed by atoms with Crippen molar-refractivity contribution in [3.8, 4) is 0 Å². The number of amides is 1. The molecule has 2 atom stereocenters. The van der Waals surface area contributed by atoms with Crippen LogP contribution >= 0.6 is 0 Å². The highest BCUT2D eigenvalue weighted by atomic mass is 16.3.